The number of carbonyl (C=O) groups is 2. The van der Waals surface area contributed by atoms with E-state index < -0.39 is 17.6 Å². The molecular formula is C33H35ClF2N6O5. The van der Waals surface area contributed by atoms with Gasteiger partial charge in [-0.1, -0.05) is 11.6 Å². The van der Waals surface area contributed by atoms with Crippen molar-refractivity contribution in [3.63, 3.8) is 0 Å². The van der Waals surface area contributed by atoms with Crippen molar-refractivity contribution < 1.29 is 32.6 Å². The third kappa shape index (κ3) is 8.95. The van der Waals surface area contributed by atoms with E-state index in [2.05, 4.69) is 20.6 Å². The molecular weight excluding hydrogens is 634 g/mol. The minimum Gasteiger partial charge on any atom is -0.484 e. The van der Waals surface area contributed by atoms with Gasteiger partial charge in [0, 0.05) is 36.9 Å². The largest absolute Gasteiger partial charge is 0.484 e. The Bertz CT molecular complexity index is 1710. The number of amides is 1. The maximum Gasteiger partial charge on any atom is 0.337 e. The molecule has 1 saturated heterocycles. The van der Waals surface area contributed by atoms with E-state index in [1.807, 2.05) is 16.4 Å². The number of carbonyl (C=O) groups excluding carboxylic acids is 2. The Morgan fingerprint density at radius 3 is 2.60 bits per heavy atom. The van der Waals surface area contributed by atoms with Crippen LogP contribution in [0.25, 0.3) is 0 Å². The predicted octanol–water partition coefficient (Wildman–Crippen LogP) is 5.69. The van der Waals surface area contributed by atoms with E-state index >= 15 is 0 Å². The first kappa shape index (κ1) is 33.6. The van der Waals surface area contributed by atoms with Crippen molar-refractivity contribution in [2.24, 2.45) is 0 Å². The lowest BCUT2D eigenvalue weighted by Crippen LogP contribution is -2.42. The van der Waals surface area contributed by atoms with Gasteiger partial charge in [0.25, 0.3) is 0 Å². The summed E-state index contributed by atoms with van der Waals surface area (Å²) in [7, 11) is 1.31. The van der Waals surface area contributed by atoms with Gasteiger partial charge in [0.05, 0.1) is 49.2 Å². The Kier molecular flexibility index (Phi) is 11.2. The lowest BCUT2D eigenvalue weighted by molar-refractivity contribution is -0.117. The summed E-state index contributed by atoms with van der Waals surface area (Å²) in [6.07, 6.45) is 4.57. The number of aryl methyl sites for hydroxylation is 1. The molecule has 0 unspecified atom stereocenters. The molecule has 1 aliphatic heterocycles. The fourth-order valence-electron chi connectivity index (χ4n) is 5.13. The maximum atomic E-state index is 14.4. The van der Waals surface area contributed by atoms with Gasteiger partial charge in [0.1, 0.15) is 24.2 Å². The molecule has 0 spiro atoms. The number of hydrogen-bond donors (Lipinski definition) is 2. The average Bonchev–Trinajstić information content (AvgIpc) is 3.53. The summed E-state index contributed by atoms with van der Waals surface area (Å²) < 4.78 is 46.7. The van der Waals surface area contributed by atoms with Gasteiger partial charge in [-0.3, -0.25) is 9.69 Å². The van der Waals surface area contributed by atoms with Crippen molar-refractivity contribution in [2.75, 3.05) is 37.4 Å². The number of piperidine rings is 1. The maximum absolute atomic E-state index is 14.4. The smallest absolute Gasteiger partial charge is 0.337 e. The number of anilines is 2. The molecule has 2 aromatic carbocycles. The van der Waals surface area contributed by atoms with Crippen molar-refractivity contribution in [1.29, 1.82) is 0 Å². The fraction of sp³-hybridized carbons (Fsp3) is 0.333. The molecule has 1 amide bonds. The number of esters is 1. The van der Waals surface area contributed by atoms with Gasteiger partial charge >= 0.3 is 5.97 Å². The van der Waals surface area contributed by atoms with Gasteiger partial charge in [0.15, 0.2) is 11.6 Å². The first-order valence-corrected chi connectivity index (χ1v) is 15.5. The molecule has 14 heteroatoms. The monoisotopic (exact) mass is 668 g/mol. The van der Waals surface area contributed by atoms with Gasteiger partial charge in [-0.2, -0.15) is 0 Å². The van der Waals surface area contributed by atoms with Crippen LogP contribution in [0, 0.1) is 11.6 Å². The van der Waals surface area contributed by atoms with Crippen LogP contribution < -0.4 is 20.1 Å². The normalized spacial score (nSPS) is 13.6. The Morgan fingerprint density at radius 1 is 1.04 bits per heavy atom. The average molecular weight is 669 g/mol. The first-order valence-electron chi connectivity index (χ1n) is 15.1. The van der Waals surface area contributed by atoms with Crippen LogP contribution in [0.1, 0.15) is 41.5 Å². The molecule has 5 rings (SSSR count). The highest BCUT2D eigenvalue weighted by molar-refractivity contribution is 6.30. The summed E-state index contributed by atoms with van der Waals surface area (Å²) in [5.41, 5.74) is 2.39. The number of pyridine rings is 1. The number of aromatic nitrogens is 3. The zero-order chi connectivity index (χ0) is 33.3. The highest BCUT2D eigenvalue weighted by Crippen LogP contribution is 2.26. The second-order valence-electron chi connectivity index (χ2n) is 10.9. The van der Waals surface area contributed by atoms with E-state index in [4.69, 9.17) is 25.8 Å². The summed E-state index contributed by atoms with van der Waals surface area (Å²) in [4.78, 5) is 35.7. The molecule has 0 bridgehead atoms. The van der Waals surface area contributed by atoms with E-state index in [1.165, 1.54) is 31.4 Å². The van der Waals surface area contributed by atoms with Crippen LogP contribution in [0.15, 0.2) is 61.1 Å². The molecule has 0 saturated carbocycles. The van der Waals surface area contributed by atoms with E-state index in [1.54, 1.807) is 30.7 Å². The van der Waals surface area contributed by atoms with Crippen LogP contribution in [0.4, 0.5) is 20.2 Å². The fourth-order valence-corrected chi connectivity index (χ4v) is 5.29. The number of hydrogen-bond acceptors (Lipinski definition) is 9. The van der Waals surface area contributed by atoms with Gasteiger partial charge in [0.2, 0.25) is 11.8 Å². The lowest BCUT2D eigenvalue weighted by atomic mass is 10.1. The number of imidazole rings is 1. The number of nitrogens with one attached hydrogen (secondary N) is 2. The molecule has 3 heterocycles. The van der Waals surface area contributed by atoms with Crippen LogP contribution in [-0.4, -0.2) is 64.2 Å². The van der Waals surface area contributed by atoms with Crippen LogP contribution >= 0.6 is 11.6 Å². The number of likely N-dealkylation sites (tertiary alicyclic amines) is 1. The van der Waals surface area contributed by atoms with Crippen molar-refractivity contribution in [2.45, 2.75) is 45.6 Å². The SMILES string of the molecule is CCn1cncc1CNc1cc(C(=O)OC)ccc1NC(=O)CN1CCC(Oc2ccc(F)c(COc3ccc(Cl)cc3F)n2)CC1. The third-order valence-electron chi connectivity index (χ3n) is 7.65. The summed E-state index contributed by atoms with van der Waals surface area (Å²) in [5.74, 6) is -1.78. The van der Waals surface area contributed by atoms with Gasteiger partial charge < -0.3 is 29.4 Å². The summed E-state index contributed by atoms with van der Waals surface area (Å²) in [6.45, 7) is 4.27. The summed E-state index contributed by atoms with van der Waals surface area (Å²) >= 11 is 5.77. The van der Waals surface area contributed by atoms with Crippen LogP contribution in [0.3, 0.4) is 0 Å². The number of benzene rings is 2. The molecule has 248 valence electrons. The second kappa shape index (κ2) is 15.7. The topological polar surface area (TPSA) is 120 Å². The number of nitrogens with zero attached hydrogens (tertiary/aromatic N) is 4. The van der Waals surface area contributed by atoms with Crippen LogP contribution in [0.2, 0.25) is 5.02 Å². The van der Waals surface area contributed by atoms with Gasteiger partial charge in [-0.25, -0.2) is 23.5 Å². The second-order valence-corrected chi connectivity index (χ2v) is 11.3. The molecule has 0 aliphatic carbocycles. The first-order chi connectivity index (χ1) is 22.7. The highest BCUT2D eigenvalue weighted by atomic mass is 35.5. The van der Waals surface area contributed by atoms with E-state index in [0.29, 0.717) is 49.4 Å². The third-order valence-corrected chi connectivity index (χ3v) is 7.89. The molecule has 0 radical (unpaired) electrons. The van der Waals surface area contributed by atoms with Crippen molar-refractivity contribution in [3.8, 4) is 11.6 Å². The molecule has 4 aromatic rings. The van der Waals surface area contributed by atoms with Crippen LogP contribution in [-0.2, 0) is 29.2 Å². The van der Waals surface area contributed by atoms with Crippen molar-refractivity contribution in [1.82, 2.24) is 19.4 Å². The van der Waals surface area contributed by atoms with E-state index in [9.17, 15) is 18.4 Å². The van der Waals surface area contributed by atoms with Crippen molar-refractivity contribution in [3.05, 3.63) is 94.7 Å². The standard InChI is InChI=1S/C33H35ClF2N6O5/c1-3-42-20-37-16-23(42)17-38-28-14-21(33(44)45-2)4-7-27(28)39-31(43)18-41-12-10-24(11-13-41)47-32-9-6-25(35)29(40-32)19-46-30-8-5-22(34)15-26(30)36/h4-9,14-16,20,24,38H,3,10-13,17-19H2,1-2H3,(H,39,43). The lowest BCUT2D eigenvalue weighted by Gasteiger charge is -2.31. The Labute approximate surface area is 275 Å². The zero-order valence-electron chi connectivity index (χ0n) is 26.0. The van der Waals surface area contributed by atoms with Crippen LogP contribution in [0.5, 0.6) is 11.6 Å². The minimum atomic E-state index is -0.657. The van der Waals surface area contributed by atoms with Crippen molar-refractivity contribution >= 4 is 34.9 Å². The Balaban J connectivity index is 1.13. The Morgan fingerprint density at radius 2 is 1.85 bits per heavy atom. The number of ether oxygens (including phenoxy) is 3. The predicted molar refractivity (Wildman–Crippen MR) is 172 cm³/mol. The van der Waals surface area contributed by atoms with Gasteiger partial charge in [-0.15, -0.1) is 0 Å². The minimum absolute atomic E-state index is 0.0181. The summed E-state index contributed by atoms with van der Waals surface area (Å²) in [6, 6.07) is 11.5. The summed E-state index contributed by atoms with van der Waals surface area (Å²) in [5, 5.41) is 6.48. The molecule has 47 heavy (non-hydrogen) atoms. The molecule has 2 N–H and O–H groups in total. The molecule has 0 atom stereocenters. The van der Waals surface area contributed by atoms with Gasteiger partial charge in [-0.05, 0) is 62.2 Å². The quantitative estimate of drug-likeness (QED) is 0.173. The van der Waals surface area contributed by atoms with E-state index in [0.717, 1.165) is 18.3 Å². The highest BCUT2D eigenvalue weighted by Gasteiger charge is 2.23. The molecule has 11 nitrogen and oxygen atoms in total. The zero-order valence-corrected chi connectivity index (χ0v) is 26.7. The number of rotatable bonds is 13. The molecule has 1 fully saturated rings. The number of halogens is 3. The molecule has 2 aromatic heterocycles. The molecule has 1 aliphatic rings. The number of methoxy groups -OCH3 is 1. The van der Waals surface area contributed by atoms with E-state index in [-0.39, 0.29) is 47.5 Å². The Hall–Kier alpha value is -4.75.